The van der Waals surface area contributed by atoms with Gasteiger partial charge in [-0.1, -0.05) is 18.2 Å². The fraction of sp³-hybridized carbons (Fsp3) is 0.562. The van der Waals surface area contributed by atoms with E-state index >= 15 is 0 Å². The van der Waals surface area contributed by atoms with Gasteiger partial charge in [0, 0.05) is 31.7 Å². The van der Waals surface area contributed by atoms with Gasteiger partial charge in [0.2, 0.25) is 5.91 Å². The van der Waals surface area contributed by atoms with Crippen molar-refractivity contribution < 1.29 is 9.18 Å². The summed E-state index contributed by atoms with van der Waals surface area (Å²) in [4.78, 5) is 15.9. The van der Waals surface area contributed by atoms with E-state index in [2.05, 4.69) is 4.90 Å². The number of halogens is 1. The van der Waals surface area contributed by atoms with Crippen molar-refractivity contribution in [2.45, 2.75) is 25.9 Å². The topological polar surface area (TPSA) is 49.6 Å². The molecular formula is C16H24FN3O. The second kappa shape index (κ2) is 7.00. The van der Waals surface area contributed by atoms with Crippen LogP contribution in [-0.2, 0) is 11.3 Å². The van der Waals surface area contributed by atoms with Crippen LogP contribution in [0, 0.1) is 11.7 Å². The molecule has 0 aliphatic carbocycles. The standard InChI is InChI=1S/C16H24FN3O/c1-12(18)13-7-8-20(10-13)11-16(21)19(2)9-14-5-3-4-6-15(14)17/h3-6,12-13H,7-11,18H2,1-2H3. The van der Waals surface area contributed by atoms with Crippen LogP contribution < -0.4 is 5.73 Å². The van der Waals surface area contributed by atoms with E-state index in [1.165, 1.54) is 6.07 Å². The van der Waals surface area contributed by atoms with Crippen LogP contribution in [-0.4, -0.2) is 48.4 Å². The molecule has 2 unspecified atom stereocenters. The lowest BCUT2D eigenvalue weighted by molar-refractivity contribution is -0.131. The first-order chi connectivity index (χ1) is 9.97. The van der Waals surface area contributed by atoms with E-state index in [0.29, 0.717) is 24.6 Å². The van der Waals surface area contributed by atoms with Gasteiger partial charge >= 0.3 is 0 Å². The molecule has 2 rings (SSSR count). The molecule has 1 aromatic carbocycles. The summed E-state index contributed by atoms with van der Waals surface area (Å²) >= 11 is 0. The van der Waals surface area contributed by atoms with Gasteiger partial charge in [0.05, 0.1) is 6.54 Å². The number of carbonyl (C=O) groups is 1. The van der Waals surface area contributed by atoms with E-state index in [9.17, 15) is 9.18 Å². The van der Waals surface area contributed by atoms with Crippen LogP contribution in [0.4, 0.5) is 4.39 Å². The summed E-state index contributed by atoms with van der Waals surface area (Å²) in [5, 5.41) is 0. The Morgan fingerprint density at radius 3 is 2.86 bits per heavy atom. The van der Waals surface area contributed by atoms with Crippen LogP contribution in [0.25, 0.3) is 0 Å². The average Bonchev–Trinajstić information content (AvgIpc) is 2.90. The molecule has 0 aromatic heterocycles. The predicted octanol–water partition coefficient (Wildman–Crippen LogP) is 1.45. The minimum atomic E-state index is -0.268. The van der Waals surface area contributed by atoms with Gasteiger partial charge in [-0.25, -0.2) is 4.39 Å². The summed E-state index contributed by atoms with van der Waals surface area (Å²) < 4.78 is 13.6. The van der Waals surface area contributed by atoms with Crippen molar-refractivity contribution in [2.24, 2.45) is 11.7 Å². The second-order valence-corrected chi connectivity index (χ2v) is 5.98. The average molecular weight is 293 g/mol. The number of hydrogen-bond donors (Lipinski definition) is 1. The zero-order valence-electron chi connectivity index (χ0n) is 12.8. The molecule has 2 N–H and O–H groups in total. The first-order valence-electron chi connectivity index (χ1n) is 7.42. The van der Waals surface area contributed by atoms with Gasteiger partial charge in [0.1, 0.15) is 5.82 Å². The zero-order valence-corrected chi connectivity index (χ0v) is 12.8. The summed E-state index contributed by atoms with van der Waals surface area (Å²) in [6, 6.07) is 6.73. The van der Waals surface area contributed by atoms with Gasteiger partial charge < -0.3 is 10.6 Å². The van der Waals surface area contributed by atoms with Crippen molar-refractivity contribution in [1.29, 1.82) is 0 Å². The monoisotopic (exact) mass is 293 g/mol. The molecular weight excluding hydrogens is 269 g/mol. The quantitative estimate of drug-likeness (QED) is 0.894. The van der Waals surface area contributed by atoms with Crippen molar-refractivity contribution >= 4 is 5.91 Å². The van der Waals surface area contributed by atoms with E-state index in [0.717, 1.165) is 19.5 Å². The van der Waals surface area contributed by atoms with E-state index < -0.39 is 0 Å². The Kier molecular flexibility index (Phi) is 5.31. The summed E-state index contributed by atoms with van der Waals surface area (Å²) in [5.74, 6) is 0.216. The number of nitrogens with two attached hydrogens (primary N) is 1. The Balaban J connectivity index is 1.85. The molecule has 1 amide bonds. The highest BCUT2D eigenvalue weighted by Gasteiger charge is 2.27. The first-order valence-corrected chi connectivity index (χ1v) is 7.42. The molecule has 1 aliphatic rings. The maximum Gasteiger partial charge on any atom is 0.236 e. The minimum absolute atomic E-state index is 0.0172. The summed E-state index contributed by atoms with van der Waals surface area (Å²) in [6.45, 7) is 4.48. The SMILES string of the molecule is CC(N)C1CCN(CC(=O)N(C)Cc2ccccc2F)C1. The van der Waals surface area contributed by atoms with Crippen LogP contribution >= 0.6 is 0 Å². The summed E-state index contributed by atoms with van der Waals surface area (Å²) in [7, 11) is 1.72. The molecule has 0 radical (unpaired) electrons. The maximum absolute atomic E-state index is 13.6. The Labute approximate surface area is 125 Å². The third-order valence-corrected chi connectivity index (χ3v) is 4.20. The summed E-state index contributed by atoms with van der Waals surface area (Å²) in [5.41, 5.74) is 6.45. The highest BCUT2D eigenvalue weighted by molar-refractivity contribution is 5.78. The zero-order chi connectivity index (χ0) is 15.4. The molecule has 0 bridgehead atoms. The molecule has 2 atom stereocenters. The van der Waals surface area contributed by atoms with Gasteiger partial charge in [-0.15, -0.1) is 0 Å². The second-order valence-electron chi connectivity index (χ2n) is 5.98. The van der Waals surface area contributed by atoms with Crippen LogP contribution in [0.2, 0.25) is 0 Å². The number of carbonyl (C=O) groups excluding carboxylic acids is 1. The minimum Gasteiger partial charge on any atom is -0.340 e. The largest absolute Gasteiger partial charge is 0.340 e. The number of nitrogens with zero attached hydrogens (tertiary/aromatic N) is 2. The molecule has 1 fully saturated rings. The lowest BCUT2D eigenvalue weighted by Crippen LogP contribution is -2.38. The van der Waals surface area contributed by atoms with E-state index in [1.54, 1.807) is 30.1 Å². The molecule has 1 saturated heterocycles. The Morgan fingerprint density at radius 1 is 1.52 bits per heavy atom. The number of benzene rings is 1. The molecule has 0 spiro atoms. The van der Waals surface area contributed by atoms with Crippen molar-refractivity contribution in [3.8, 4) is 0 Å². The van der Waals surface area contributed by atoms with Crippen LogP contribution in [0.5, 0.6) is 0 Å². The molecule has 0 saturated carbocycles. The number of likely N-dealkylation sites (N-methyl/N-ethyl adjacent to an activating group) is 1. The van der Waals surface area contributed by atoms with Crippen LogP contribution in [0.15, 0.2) is 24.3 Å². The molecule has 4 nitrogen and oxygen atoms in total. The number of likely N-dealkylation sites (tertiary alicyclic amines) is 1. The van der Waals surface area contributed by atoms with E-state index in [-0.39, 0.29) is 17.8 Å². The Hall–Kier alpha value is -1.46. The molecule has 1 heterocycles. The van der Waals surface area contributed by atoms with Crippen molar-refractivity contribution in [1.82, 2.24) is 9.80 Å². The van der Waals surface area contributed by atoms with E-state index in [1.807, 2.05) is 6.92 Å². The third-order valence-electron chi connectivity index (χ3n) is 4.20. The fourth-order valence-corrected chi connectivity index (χ4v) is 2.72. The van der Waals surface area contributed by atoms with Gasteiger partial charge in [0.15, 0.2) is 0 Å². The predicted molar refractivity (Wildman–Crippen MR) is 81.1 cm³/mol. The molecule has 1 aromatic rings. The molecule has 21 heavy (non-hydrogen) atoms. The Bertz CT molecular complexity index is 492. The van der Waals surface area contributed by atoms with Crippen LogP contribution in [0.3, 0.4) is 0 Å². The van der Waals surface area contributed by atoms with Gasteiger partial charge in [-0.3, -0.25) is 9.69 Å². The lowest BCUT2D eigenvalue weighted by Gasteiger charge is -2.22. The van der Waals surface area contributed by atoms with Crippen molar-refractivity contribution in [3.63, 3.8) is 0 Å². The molecule has 5 heteroatoms. The third kappa shape index (κ3) is 4.25. The highest BCUT2D eigenvalue weighted by atomic mass is 19.1. The smallest absolute Gasteiger partial charge is 0.236 e. The van der Waals surface area contributed by atoms with Gasteiger partial charge in [-0.2, -0.15) is 0 Å². The van der Waals surface area contributed by atoms with Crippen molar-refractivity contribution in [2.75, 3.05) is 26.7 Å². The first kappa shape index (κ1) is 15.9. The summed E-state index contributed by atoms with van der Waals surface area (Å²) in [6.07, 6.45) is 1.04. The Morgan fingerprint density at radius 2 is 2.24 bits per heavy atom. The number of rotatable bonds is 5. The molecule has 1 aliphatic heterocycles. The fourth-order valence-electron chi connectivity index (χ4n) is 2.72. The normalized spacial score (nSPS) is 20.5. The highest BCUT2D eigenvalue weighted by Crippen LogP contribution is 2.18. The van der Waals surface area contributed by atoms with Gasteiger partial charge in [0.25, 0.3) is 0 Å². The maximum atomic E-state index is 13.6. The molecule has 116 valence electrons. The lowest BCUT2D eigenvalue weighted by atomic mass is 10.0. The number of hydrogen-bond acceptors (Lipinski definition) is 3. The van der Waals surface area contributed by atoms with Crippen LogP contribution in [0.1, 0.15) is 18.9 Å². The van der Waals surface area contributed by atoms with Gasteiger partial charge in [-0.05, 0) is 31.9 Å². The van der Waals surface area contributed by atoms with E-state index in [4.69, 9.17) is 5.73 Å². The van der Waals surface area contributed by atoms with Crippen molar-refractivity contribution in [3.05, 3.63) is 35.6 Å². The number of amides is 1.